The van der Waals surface area contributed by atoms with Crippen LogP contribution in [0.5, 0.6) is 0 Å². The molecular weight excluding hydrogens is 282 g/mol. The topological polar surface area (TPSA) is 18.5 Å². The van der Waals surface area contributed by atoms with Crippen molar-refractivity contribution in [3.63, 3.8) is 0 Å². The molecule has 0 aromatic heterocycles. The van der Waals surface area contributed by atoms with Gasteiger partial charge in [0.2, 0.25) is 0 Å². The zero-order chi connectivity index (χ0) is 14.5. The van der Waals surface area contributed by atoms with Gasteiger partial charge in [0.15, 0.2) is 0 Å². The van der Waals surface area contributed by atoms with Gasteiger partial charge in [-0.1, -0.05) is 30.2 Å². The highest BCUT2D eigenvalue weighted by molar-refractivity contribution is 6.33. The van der Waals surface area contributed by atoms with Gasteiger partial charge in [-0.2, -0.15) is 0 Å². The highest BCUT2D eigenvalue weighted by atomic mass is 35.5. The zero-order valence-corrected chi connectivity index (χ0v) is 13.5. The van der Waals surface area contributed by atoms with Crippen molar-refractivity contribution in [2.24, 2.45) is 0 Å². The third-order valence-corrected chi connectivity index (χ3v) is 5.09. The van der Waals surface area contributed by atoms with Crippen LogP contribution in [0.2, 0.25) is 5.02 Å². The maximum atomic E-state index is 6.29. The number of piperidine rings is 1. The van der Waals surface area contributed by atoms with Crippen molar-refractivity contribution < 1.29 is 0 Å². The fraction of sp³-hybridized carbons (Fsp3) is 0.647. The Kier molecular flexibility index (Phi) is 5.39. The van der Waals surface area contributed by atoms with Crippen LogP contribution in [0.4, 0.5) is 5.69 Å². The van der Waals surface area contributed by atoms with E-state index in [1.54, 1.807) is 0 Å². The summed E-state index contributed by atoms with van der Waals surface area (Å²) in [7, 11) is 0. The summed E-state index contributed by atoms with van der Waals surface area (Å²) in [4.78, 5) is 5.02. The molecule has 1 N–H and O–H groups in total. The Labute approximate surface area is 133 Å². The molecule has 2 aliphatic heterocycles. The number of halogens is 1. The molecule has 0 saturated carbocycles. The Bertz CT molecular complexity index is 437. The third-order valence-electron chi connectivity index (χ3n) is 4.77. The second-order valence-corrected chi connectivity index (χ2v) is 6.62. The molecule has 21 heavy (non-hydrogen) atoms. The number of piperazine rings is 1. The lowest BCUT2D eigenvalue weighted by Crippen LogP contribution is -2.48. The molecule has 0 bridgehead atoms. The fourth-order valence-electron chi connectivity index (χ4n) is 3.43. The predicted octanol–water partition coefficient (Wildman–Crippen LogP) is 2.99. The number of anilines is 1. The van der Waals surface area contributed by atoms with Gasteiger partial charge in [-0.05, 0) is 44.5 Å². The Morgan fingerprint density at radius 2 is 1.90 bits per heavy atom. The third kappa shape index (κ3) is 4.12. The normalized spacial score (nSPS) is 24.2. The molecule has 1 aromatic carbocycles. The zero-order valence-electron chi connectivity index (χ0n) is 12.7. The van der Waals surface area contributed by atoms with E-state index in [0.717, 1.165) is 37.2 Å². The van der Waals surface area contributed by atoms with Crippen molar-refractivity contribution in [2.45, 2.75) is 31.7 Å². The van der Waals surface area contributed by atoms with Gasteiger partial charge in [-0.3, -0.25) is 4.90 Å². The van der Waals surface area contributed by atoms with Crippen LogP contribution in [0.25, 0.3) is 0 Å². The van der Waals surface area contributed by atoms with Crippen LogP contribution in [0.1, 0.15) is 25.7 Å². The molecule has 0 aliphatic carbocycles. The predicted molar refractivity (Wildman–Crippen MR) is 90.4 cm³/mol. The summed E-state index contributed by atoms with van der Waals surface area (Å²) in [5.41, 5.74) is 1.19. The van der Waals surface area contributed by atoms with E-state index in [2.05, 4.69) is 27.2 Å². The van der Waals surface area contributed by atoms with E-state index >= 15 is 0 Å². The van der Waals surface area contributed by atoms with Gasteiger partial charge in [-0.15, -0.1) is 0 Å². The molecule has 2 heterocycles. The van der Waals surface area contributed by atoms with E-state index < -0.39 is 0 Å². The van der Waals surface area contributed by atoms with Crippen molar-refractivity contribution in [3.05, 3.63) is 29.3 Å². The van der Waals surface area contributed by atoms with Gasteiger partial charge in [-0.25, -0.2) is 0 Å². The lowest BCUT2D eigenvalue weighted by molar-refractivity contribution is 0.234. The summed E-state index contributed by atoms with van der Waals surface area (Å²) >= 11 is 6.29. The van der Waals surface area contributed by atoms with Crippen molar-refractivity contribution in [1.82, 2.24) is 10.2 Å². The largest absolute Gasteiger partial charge is 0.368 e. The summed E-state index contributed by atoms with van der Waals surface area (Å²) in [6.45, 7) is 6.92. The van der Waals surface area contributed by atoms with E-state index in [9.17, 15) is 0 Å². The minimum Gasteiger partial charge on any atom is -0.368 e. The first-order valence-electron chi connectivity index (χ1n) is 8.28. The lowest BCUT2D eigenvalue weighted by Gasteiger charge is -2.37. The number of hydrogen-bond acceptors (Lipinski definition) is 3. The molecule has 2 saturated heterocycles. The maximum absolute atomic E-state index is 6.29. The van der Waals surface area contributed by atoms with Crippen LogP contribution >= 0.6 is 11.6 Å². The molecule has 116 valence electrons. The number of nitrogens with zero attached hydrogens (tertiary/aromatic N) is 2. The molecule has 0 radical (unpaired) electrons. The van der Waals surface area contributed by atoms with E-state index in [-0.39, 0.29) is 0 Å². The molecule has 4 heteroatoms. The number of para-hydroxylation sites is 1. The molecule has 3 nitrogen and oxygen atoms in total. The minimum absolute atomic E-state index is 0.750. The van der Waals surface area contributed by atoms with E-state index in [4.69, 9.17) is 11.6 Å². The fourth-order valence-corrected chi connectivity index (χ4v) is 3.68. The molecule has 1 aromatic rings. The van der Waals surface area contributed by atoms with Gasteiger partial charge in [0, 0.05) is 32.2 Å². The van der Waals surface area contributed by atoms with Gasteiger partial charge in [0.1, 0.15) is 0 Å². The van der Waals surface area contributed by atoms with Crippen LogP contribution in [0, 0.1) is 0 Å². The Balaban J connectivity index is 1.43. The average Bonchev–Trinajstić information content (AvgIpc) is 2.55. The van der Waals surface area contributed by atoms with E-state index in [1.165, 1.54) is 44.5 Å². The van der Waals surface area contributed by atoms with Gasteiger partial charge < -0.3 is 10.2 Å². The minimum atomic E-state index is 0.750. The van der Waals surface area contributed by atoms with Crippen LogP contribution in [-0.2, 0) is 0 Å². The Morgan fingerprint density at radius 3 is 2.62 bits per heavy atom. The summed E-state index contributed by atoms with van der Waals surface area (Å²) in [6.07, 6.45) is 5.41. The SMILES string of the molecule is Clc1ccccc1N1CCN(CCC2CCCCN2)CC1. The summed E-state index contributed by atoms with van der Waals surface area (Å²) in [5, 5.41) is 4.52. The number of rotatable bonds is 4. The van der Waals surface area contributed by atoms with Crippen LogP contribution in [0.3, 0.4) is 0 Å². The first-order chi connectivity index (χ1) is 10.3. The molecule has 0 amide bonds. The average molecular weight is 308 g/mol. The lowest BCUT2D eigenvalue weighted by atomic mass is 10.0. The van der Waals surface area contributed by atoms with Crippen LogP contribution in [-0.4, -0.2) is 50.2 Å². The number of nitrogens with one attached hydrogen (secondary N) is 1. The molecule has 2 aliphatic rings. The second-order valence-electron chi connectivity index (χ2n) is 6.22. The van der Waals surface area contributed by atoms with Crippen molar-refractivity contribution in [3.8, 4) is 0 Å². The molecule has 3 rings (SSSR count). The van der Waals surface area contributed by atoms with Crippen molar-refractivity contribution in [1.29, 1.82) is 0 Å². The van der Waals surface area contributed by atoms with Gasteiger partial charge >= 0.3 is 0 Å². The first-order valence-corrected chi connectivity index (χ1v) is 8.66. The van der Waals surface area contributed by atoms with E-state index in [1.807, 2.05) is 12.1 Å². The maximum Gasteiger partial charge on any atom is 0.0639 e. The first kappa shape index (κ1) is 15.1. The summed E-state index contributed by atoms with van der Waals surface area (Å²) in [6, 6.07) is 8.93. The Hall–Kier alpha value is -0.770. The second kappa shape index (κ2) is 7.48. The van der Waals surface area contributed by atoms with Crippen LogP contribution < -0.4 is 10.2 Å². The monoisotopic (exact) mass is 307 g/mol. The quantitative estimate of drug-likeness (QED) is 0.922. The van der Waals surface area contributed by atoms with Gasteiger partial charge in [0.05, 0.1) is 10.7 Å². The smallest absolute Gasteiger partial charge is 0.0639 e. The highest BCUT2D eigenvalue weighted by Crippen LogP contribution is 2.26. The van der Waals surface area contributed by atoms with Gasteiger partial charge in [0.25, 0.3) is 0 Å². The molecule has 1 atom stereocenters. The number of hydrogen-bond donors (Lipinski definition) is 1. The molecular formula is C17H26ClN3. The standard InChI is InChI=1S/C17H26ClN3/c18-16-6-1-2-7-17(16)21-13-11-20(12-14-21)10-8-15-5-3-4-9-19-15/h1-2,6-7,15,19H,3-5,8-14H2. The van der Waals surface area contributed by atoms with E-state index in [0.29, 0.717) is 0 Å². The summed E-state index contributed by atoms with van der Waals surface area (Å²) in [5.74, 6) is 0. The summed E-state index contributed by atoms with van der Waals surface area (Å²) < 4.78 is 0. The molecule has 1 unspecified atom stereocenters. The Morgan fingerprint density at radius 1 is 1.10 bits per heavy atom. The van der Waals surface area contributed by atoms with Crippen molar-refractivity contribution in [2.75, 3.05) is 44.2 Å². The van der Waals surface area contributed by atoms with Crippen molar-refractivity contribution >= 4 is 17.3 Å². The molecule has 2 fully saturated rings. The number of benzene rings is 1. The molecule has 0 spiro atoms. The van der Waals surface area contributed by atoms with Crippen LogP contribution in [0.15, 0.2) is 24.3 Å². The highest BCUT2D eigenvalue weighted by Gasteiger charge is 2.20.